The lowest BCUT2D eigenvalue weighted by Crippen LogP contribution is -2.37. The smallest absolute Gasteiger partial charge is 0.309 e. The Balaban J connectivity index is 1.74. The molecule has 0 radical (unpaired) electrons. The van der Waals surface area contributed by atoms with Crippen molar-refractivity contribution in [3.05, 3.63) is 35.9 Å². The first kappa shape index (κ1) is 9.81. The van der Waals surface area contributed by atoms with Gasteiger partial charge in [-0.2, -0.15) is 0 Å². The zero-order valence-electron chi connectivity index (χ0n) is 8.67. The van der Waals surface area contributed by atoms with Crippen molar-refractivity contribution < 1.29 is 19.0 Å². The van der Waals surface area contributed by atoms with Gasteiger partial charge >= 0.3 is 5.97 Å². The molecule has 3 rings (SSSR count). The van der Waals surface area contributed by atoms with E-state index in [1.807, 2.05) is 30.3 Å². The highest BCUT2D eigenvalue weighted by Gasteiger charge is 2.41. The van der Waals surface area contributed by atoms with Crippen LogP contribution in [0.5, 0.6) is 0 Å². The van der Waals surface area contributed by atoms with Crippen molar-refractivity contribution in [2.24, 2.45) is 0 Å². The number of hydrogen-bond donors (Lipinski definition) is 0. The molecule has 4 nitrogen and oxygen atoms in total. The average molecular weight is 220 g/mol. The molecule has 16 heavy (non-hydrogen) atoms. The van der Waals surface area contributed by atoms with E-state index in [4.69, 9.17) is 14.2 Å². The van der Waals surface area contributed by atoms with Crippen molar-refractivity contribution in [2.75, 3.05) is 6.61 Å². The molecule has 1 aromatic rings. The van der Waals surface area contributed by atoms with E-state index in [1.165, 1.54) is 0 Å². The van der Waals surface area contributed by atoms with Crippen LogP contribution >= 0.6 is 0 Å². The van der Waals surface area contributed by atoms with E-state index in [2.05, 4.69) is 0 Å². The SMILES string of the molecule is O=C1C[C@@H]2O[C@@H](c3ccccc3)OC[C@@H]2O1. The van der Waals surface area contributed by atoms with Crippen LogP contribution in [0.15, 0.2) is 30.3 Å². The molecule has 0 bridgehead atoms. The van der Waals surface area contributed by atoms with Crippen LogP contribution in [-0.2, 0) is 19.0 Å². The lowest BCUT2D eigenvalue weighted by Gasteiger charge is -2.30. The molecule has 2 saturated heterocycles. The van der Waals surface area contributed by atoms with Crippen LogP contribution < -0.4 is 0 Å². The van der Waals surface area contributed by atoms with Crippen molar-refractivity contribution in [3.63, 3.8) is 0 Å². The highest BCUT2D eigenvalue weighted by atomic mass is 16.7. The molecular weight excluding hydrogens is 208 g/mol. The van der Waals surface area contributed by atoms with Gasteiger partial charge < -0.3 is 14.2 Å². The Bertz CT molecular complexity index is 389. The van der Waals surface area contributed by atoms with Crippen molar-refractivity contribution in [2.45, 2.75) is 24.9 Å². The monoisotopic (exact) mass is 220 g/mol. The Hall–Kier alpha value is -1.39. The van der Waals surface area contributed by atoms with Crippen LogP contribution in [0.1, 0.15) is 18.3 Å². The summed E-state index contributed by atoms with van der Waals surface area (Å²) >= 11 is 0. The maximum Gasteiger partial charge on any atom is 0.309 e. The fourth-order valence-corrected chi connectivity index (χ4v) is 2.03. The number of esters is 1. The summed E-state index contributed by atoms with van der Waals surface area (Å²) in [4.78, 5) is 11.1. The van der Waals surface area contributed by atoms with Crippen molar-refractivity contribution in [1.82, 2.24) is 0 Å². The van der Waals surface area contributed by atoms with Gasteiger partial charge in [-0.15, -0.1) is 0 Å². The maximum atomic E-state index is 11.1. The van der Waals surface area contributed by atoms with Gasteiger partial charge in [0.15, 0.2) is 12.4 Å². The molecule has 84 valence electrons. The fraction of sp³-hybridized carbons (Fsp3) is 0.417. The van der Waals surface area contributed by atoms with Gasteiger partial charge in [0.25, 0.3) is 0 Å². The first-order valence-corrected chi connectivity index (χ1v) is 5.34. The van der Waals surface area contributed by atoms with Gasteiger partial charge in [0.1, 0.15) is 6.10 Å². The van der Waals surface area contributed by atoms with Crippen LogP contribution in [0.25, 0.3) is 0 Å². The maximum absolute atomic E-state index is 11.1. The second kappa shape index (κ2) is 3.88. The minimum Gasteiger partial charge on any atom is -0.457 e. The summed E-state index contributed by atoms with van der Waals surface area (Å²) in [5.74, 6) is -0.202. The molecule has 0 aromatic heterocycles. The summed E-state index contributed by atoms with van der Waals surface area (Å²) in [5, 5.41) is 0. The average Bonchev–Trinajstić information content (AvgIpc) is 2.69. The molecule has 0 saturated carbocycles. The van der Waals surface area contributed by atoms with Crippen LogP contribution in [0.3, 0.4) is 0 Å². The van der Waals surface area contributed by atoms with E-state index in [1.54, 1.807) is 0 Å². The van der Waals surface area contributed by atoms with E-state index in [0.29, 0.717) is 13.0 Å². The van der Waals surface area contributed by atoms with Crippen LogP contribution in [-0.4, -0.2) is 24.8 Å². The number of rotatable bonds is 1. The van der Waals surface area contributed by atoms with Gasteiger partial charge in [0.2, 0.25) is 0 Å². The standard InChI is InChI=1S/C12H12O4/c13-11-6-9-10(15-11)7-14-12(16-9)8-4-2-1-3-5-8/h1-5,9-10,12H,6-7H2/t9-,10-,12-/m0/s1. The normalized spacial score (nSPS) is 33.2. The molecule has 1 aromatic carbocycles. The zero-order chi connectivity index (χ0) is 11.0. The number of carbonyl (C=O) groups excluding carboxylic acids is 1. The van der Waals surface area contributed by atoms with E-state index < -0.39 is 0 Å². The number of carbonyl (C=O) groups is 1. The number of fused-ring (bicyclic) bond motifs is 1. The van der Waals surface area contributed by atoms with Gasteiger partial charge in [-0.25, -0.2) is 0 Å². The Morgan fingerprint density at radius 2 is 1.94 bits per heavy atom. The third kappa shape index (κ3) is 1.70. The topological polar surface area (TPSA) is 44.8 Å². The summed E-state index contributed by atoms with van der Waals surface area (Å²) in [5.41, 5.74) is 0.972. The van der Waals surface area contributed by atoms with Crippen molar-refractivity contribution >= 4 is 5.97 Å². The van der Waals surface area contributed by atoms with Crippen LogP contribution in [0.2, 0.25) is 0 Å². The van der Waals surface area contributed by atoms with Gasteiger partial charge in [0.05, 0.1) is 13.0 Å². The summed E-state index contributed by atoms with van der Waals surface area (Å²) in [7, 11) is 0. The summed E-state index contributed by atoms with van der Waals surface area (Å²) < 4.78 is 16.3. The summed E-state index contributed by atoms with van der Waals surface area (Å²) in [6.07, 6.45) is -0.437. The molecule has 0 amide bonds. The largest absolute Gasteiger partial charge is 0.457 e. The molecule has 0 spiro atoms. The Kier molecular flexibility index (Phi) is 2.38. The molecule has 2 fully saturated rings. The Morgan fingerprint density at radius 3 is 2.75 bits per heavy atom. The van der Waals surface area contributed by atoms with Crippen molar-refractivity contribution in [3.8, 4) is 0 Å². The lowest BCUT2D eigenvalue weighted by atomic mass is 10.1. The van der Waals surface area contributed by atoms with Crippen molar-refractivity contribution in [1.29, 1.82) is 0 Å². The molecule has 2 aliphatic heterocycles. The van der Waals surface area contributed by atoms with Gasteiger partial charge in [-0.05, 0) is 0 Å². The minimum atomic E-state index is -0.378. The van der Waals surface area contributed by atoms with E-state index in [0.717, 1.165) is 5.56 Å². The molecule has 2 heterocycles. The highest BCUT2D eigenvalue weighted by Crippen LogP contribution is 2.32. The highest BCUT2D eigenvalue weighted by molar-refractivity contribution is 5.72. The summed E-state index contributed by atoms with van der Waals surface area (Å²) in [6.45, 7) is 0.413. The van der Waals surface area contributed by atoms with Gasteiger partial charge in [-0.1, -0.05) is 30.3 Å². The number of ether oxygens (including phenoxy) is 3. The Morgan fingerprint density at radius 1 is 1.12 bits per heavy atom. The van der Waals surface area contributed by atoms with E-state index >= 15 is 0 Å². The predicted octanol–water partition coefficient (Wildman–Crippen LogP) is 1.42. The second-order valence-electron chi connectivity index (χ2n) is 3.98. The third-order valence-corrected chi connectivity index (χ3v) is 2.85. The van der Waals surface area contributed by atoms with Gasteiger partial charge in [0, 0.05) is 5.56 Å². The number of benzene rings is 1. The molecule has 0 aliphatic carbocycles. The lowest BCUT2D eigenvalue weighted by molar-refractivity contribution is -0.242. The first-order chi connectivity index (χ1) is 7.83. The molecule has 0 N–H and O–H groups in total. The summed E-state index contributed by atoms with van der Waals surface area (Å²) in [6, 6.07) is 9.71. The van der Waals surface area contributed by atoms with E-state index in [-0.39, 0.29) is 24.5 Å². The quantitative estimate of drug-likeness (QED) is 0.671. The zero-order valence-corrected chi connectivity index (χ0v) is 8.67. The number of hydrogen-bond acceptors (Lipinski definition) is 4. The molecule has 3 atom stereocenters. The third-order valence-electron chi connectivity index (χ3n) is 2.85. The van der Waals surface area contributed by atoms with Crippen LogP contribution in [0.4, 0.5) is 0 Å². The second-order valence-corrected chi connectivity index (χ2v) is 3.98. The first-order valence-electron chi connectivity index (χ1n) is 5.34. The van der Waals surface area contributed by atoms with Gasteiger partial charge in [-0.3, -0.25) is 4.79 Å². The molecule has 2 aliphatic rings. The molecule has 0 unspecified atom stereocenters. The van der Waals surface area contributed by atoms with E-state index in [9.17, 15) is 4.79 Å². The molecule has 4 heteroatoms. The molecular formula is C12H12O4. The minimum absolute atomic E-state index is 0.161. The van der Waals surface area contributed by atoms with Crippen LogP contribution in [0, 0.1) is 0 Å². The predicted molar refractivity (Wildman–Crippen MR) is 54.5 cm³/mol. The Labute approximate surface area is 93.1 Å². The fourth-order valence-electron chi connectivity index (χ4n) is 2.03.